The number of carbonyl (C=O) groups is 3. The van der Waals surface area contributed by atoms with Crippen molar-refractivity contribution < 1.29 is 14.4 Å². The van der Waals surface area contributed by atoms with Crippen molar-refractivity contribution in [1.29, 1.82) is 0 Å². The van der Waals surface area contributed by atoms with Gasteiger partial charge in [0, 0.05) is 38.5 Å². The average molecular weight is 444 g/mol. The van der Waals surface area contributed by atoms with E-state index in [0.29, 0.717) is 25.4 Å². The van der Waals surface area contributed by atoms with E-state index in [1.165, 1.54) is 51.4 Å². The fourth-order valence-electron chi connectivity index (χ4n) is 8.12. The molecule has 2 aliphatic heterocycles. The van der Waals surface area contributed by atoms with E-state index in [2.05, 4.69) is 10.2 Å². The molecular weight excluding hydrogens is 402 g/mol. The van der Waals surface area contributed by atoms with Crippen molar-refractivity contribution in [3.8, 4) is 0 Å². The van der Waals surface area contributed by atoms with Crippen LogP contribution in [0, 0.1) is 29.1 Å². The average Bonchev–Trinajstić information content (AvgIpc) is 3.05. The van der Waals surface area contributed by atoms with E-state index >= 15 is 0 Å². The monoisotopic (exact) mass is 443 g/mol. The van der Waals surface area contributed by atoms with Gasteiger partial charge in [-0.05, 0) is 87.4 Å². The lowest BCUT2D eigenvalue weighted by atomic mass is 9.49. The summed E-state index contributed by atoms with van der Waals surface area (Å²) in [7, 11) is 0. The molecule has 4 aliphatic carbocycles. The van der Waals surface area contributed by atoms with Crippen molar-refractivity contribution in [1.82, 2.24) is 15.1 Å². The second-order valence-corrected chi connectivity index (χ2v) is 11.8. The summed E-state index contributed by atoms with van der Waals surface area (Å²) in [5.41, 5.74) is 0.216. The third-order valence-electron chi connectivity index (χ3n) is 9.25. The number of nitrogens with zero attached hydrogens (tertiary/aromatic N) is 2. The Morgan fingerprint density at radius 2 is 1.31 bits per heavy atom. The van der Waals surface area contributed by atoms with Crippen molar-refractivity contribution in [2.24, 2.45) is 29.1 Å². The number of nitrogens with one attached hydrogen (secondary N) is 1. The Kier molecular flexibility index (Phi) is 6.48. The van der Waals surface area contributed by atoms with Crippen LogP contribution in [0.1, 0.15) is 83.5 Å². The van der Waals surface area contributed by atoms with Gasteiger partial charge in [0.05, 0.1) is 6.54 Å². The van der Waals surface area contributed by atoms with Gasteiger partial charge in [0.2, 0.25) is 17.7 Å². The molecule has 0 aromatic rings. The van der Waals surface area contributed by atoms with Crippen molar-refractivity contribution >= 4 is 17.7 Å². The maximum Gasteiger partial charge on any atom is 0.241 e. The molecule has 2 heterocycles. The smallest absolute Gasteiger partial charge is 0.241 e. The van der Waals surface area contributed by atoms with Gasteiger partial charge in [0.15, 0.2) is 0 Å². The topological polar surface area (TPSA) is 69.7 Å². The Hall–Kier alpha value is -1.59. The SMILES string of the molecule is O=C(CC12CC3CC(CC(C3)C1)C2)NCC(=O)N1CCC(C(=O)N2CCCCCC2)CC1. The summed E-state index contributed by atoms with van der Waals surface area (Å²) >= 11 is 0. The van der Waals surface area contributed by atoms with Gasteiger partial charge in [-0.3, -0.25) is 14.4 Å². The number of amides is 3. The van der Waals surface area contributed by atoms with Crippen LogP contribution in [0.4, 0.5) is 0 Å². The number of hydrogen-bond donors (Lipinski definition) is 1. The molecule has 6 fully saturated rings. The summed E-state index contributed by atoms with van der Waals surface area (Å²) in [4.78, 5) is 42.2. The lowest BCUT2D eigenvalue weighted by Crippen LogP contribution is -2.49. The minimum atomic E-state index is 0.00420. The molecule has 4 bridgehead atoms. The number of hydrogen-bond acceptors (Lipinski definition) is 3. The molecule has 178 valence electrons. The van der Waals surface area contributed by atoms with Crippen molar-refractivity contribution in [2.45, 2.75) is 83.5 Å². The van der Waals surface area contributed by atoms with Crippen LogP contribution < -0.4 is 5.32 Å². The Balaban J connectivity index is 1.04. The van der Waals surface area contributed by atoms with Crippen LogP contribution in [0.2, 0.25) is 0 Å². The van der Waals surface area contributed by atoms with Crippen LogP contribution in [0.3, 0.4) is 0 Å². The van der Waals surface area contributed by atoms with Gasteiger partial charge < -0.3 is 15.1 Å². The minimum Gasteiger partial charge on any atom is -0.347 e. The van der Waals surface area contributed by atoms with E-state index in [9.17, 15) is 14.4 Å². The van der Waals surface area contributed by atoms with Crippen molar-refractivity contribution in [3.63, 3.8) is 0 Å². The minimum absolute atomic E-state index is 0.00420. The van der Waals surface area contributed by atoms with Crippen molar-refractivity contribution in [2.75, 3.05) is 32.7 Å². The predicted molar refractivity (Wildman–Crippen MR) is 123 cm³/mol. The first-order valence-electron chi connectivity index (χ1n) is 13.3. The second kappa shape index (κ2) is 9.34. The molecule has 0 aromatic carbocycles. The third-order valence-corrected chi connectivity index (χ3v) is 9.25. The van der Waals surface area contributed by atoms with E-state index in [0.717, 1.165) is 56.5 Å². The first-order valence-corrected chi connectivity index (χ1v) is 13.3. The van der Waals surface area contributed by atoms with Crippen LogP contribution in [0.5, 0.6) is 0 Å². The summed E-state index contributed by atoms with van der Waals surface area (Å²) in [6.45, 7) is 3.17. The van der Waals surface area contributed by atoms with Gasteiger partial charge in [0.25, 0.3) is 0 Å². The lowest BCUT2D eigenvalue weighted by Gasteiger charge is -2.56. The van der Waals surface area contributed by atoms with E-state index in [-0.39, 0.29) is 29.7 Å². The summed E-state index contributed by atoms with van der Waals surface area (Å²) in [6.07, 6.45) is 14.6. The largest absolute Gasteiger partial charge is 0.347 e. The number of piperidine rings is 1. The van der Waals surface area contributed by atoms with Crippen LogP contribution in [0.15, 0.2) is 0 Å². The summed E-state index contributed by atoms with van der Waals surface area (Å²) < 4.78 is 0. The molecule has 32 heavy (non-hydrogen) atoms. The summed E-state index contributed by atoms with van der Waals surface area (Å²) in [5, 5.41) is 2.94. The van der Waals surface area contributed by atoms with E-state index in [1.54, 1.807) is 0 Å². The zero-order valence-corrected chi connectivity index (χ0v) is 19.7. The highest BCUT2D eigenvalue weighted by molar-refractivity contribution is 5.85. The van der Waals surface area contributed by atoms with Crippen LogP contribution in [0.25, 0.3) is 0 Å². The molecular formula is C26H41N3O3. The molecule has 3 amide bonds. The number of rotatable bonds is 5. The molecule has 4 saturated carbocycles. The van der Waals surface area contributed by atoms with Crippen LogP contribution in [-0.4, -0.2) is 60.2 Å². The number of likely N-dealkylation sites (tertiary alicyclic amines) is 2. The molecule has 6 nitrogen and oxygen atoms in total. The molecule has 0 unspecified atom stereocenters. The highest BCUT2D eigenvalue weighted by atomic mass is 16.2. The molecule has 1 N–H and O–H groups in total. The number of carbonyl (C=O) groups excluding carboxylic acids is 3. The van der Waals surface area contributed by atoms with E-state index < -0.39 is 0 Å². The normalized spacial score (nSPS) is 34.9. The maximum atomic E-state index is 12.9. The van der Waals surface area contributed by atoms with Crippen LogP contribution >= 0.6 is 0 Å². The Labute approximate surface area is 192 Å². The molecule has 6 aliphatic rings. The highest BCUT2D eigenvalue weighted by Crippen LogP contribution is 2.61. The van der Waals surface area contributed by atoms with Gasteiger partial charge in [0.1, 0.15) is 0 Å². The zero-order chi connectivity index (χ0) is 22.1. The van der Waals surface area contributed by atoms with Gasteiger partial charge in [-0.25, -0.2) is 0 Å². The molecule has 0 aromatic heterocycles. The highest BCUT2D eigenvalue weighted by Gasteiger charge is 2.51. The molecule has 6 heteroatoms. The molecule has 0 atom stereocenters. The quantitative estimate of drug-likeness (QED) is 0.708. The predicted octanol–water partition coefficient (Wildman–Crippen LogP) is 3.35. The molecule has 2 saturated heterocycles. The van der Waals surface area contributed by atoms with Gasteiger partial charge >= 0.3 is 0 Å². The first kappa shape index (κ1) is 22.2. The second-order valence-electron chi connectivity index (χ2n) is 11.8. The maximum absolute atomic E-state index is 12.9. The molecule has 6 rings (SSSR count). The lowest BCUT2D eigenvalue weighted by molar-refractivity contribution is -0.141. The fraction of sp³-hybridized carbons (Fsp3) is 0.885. The van der Waals surface area contributed by atoms with E-state index in [1.807, 2.05) is 4.90 Å². The molecule has 0 radical (unpaired) electrons. The van der Waals surface area contributed by atoms with Gasteiger partial charge in [-0.2, -0.15) is 0 Å². The van der Waals surface area contributed by atoms with Crippen LogP contribution in [-0.2, 0) is 14.4 Å². The Morgan fingerprint density at radius 1 is 0.750 bits per heavy atom. The third kappa shape index (κ3) is 4.84. The Morgan fingerprint density at radius 3 is 1.88 bits per heavy atom. The first-order chi connectivity index (χ1) is 15.5. The van der Waals surface area contributed by atoms with Gasteiger partial charge in [-0.1, -0.05) is 12.8 Å². The molecule has 0 spiro atoms. The zero-order valence-electron chi connectivity index (χ0n) is 19.7. The Bertz CT molecular complexity index is 685. The van der Waals surface area contributed by atoms with Gasteiger partial charge in [-0.15, -0.1) is 0 Å². The standard InChI is InChI=1S/C26H41N3O3/c30-23(17-26-14-19-11-20(15-26)13-21(12-19)16-26)27-18-24(31)28-9-5-22(6-10-28)25(32)29-7-3-1-2-4-8-29/h19-22H,1-18H2,(H,27,30). The fourth-order valence-corrected chi connectivity index (χ4v) is 8.12. The summed E-state index contributed by atoms with van der Waals surface area (Å²) in [6, 6.07) is 0. The van der Waals surface area contributed by atoms with E-state index in [4.69, 9.17) is 0 Å². The van der Waals surface area contributed by atoms with Crippen molar-refractivity contribution in [3.05, 3.63) is 0 Å². The summed E-state index contributed by atoms with van der Waals surface area (Å²) in [5.74, 6) is 2.94.